The third kappa shape index (κ3) is 7.34. The maximum Gasteiger partial charge on any atom is 0.343 e. The summed E-state index contributed by atoms with van der Waals surface area (Å²) in [4.78, 5) is 24.8. The lowest BCUT2D eigenvalue weighted by molar-refractivity contribution is -0.125. The molecule has 1 fully saturated rings. The molecule has 0 saturated heterocycles. The van der Waals surface area contributed by atoms with Gasteiger partial charge in [-0.3, -0.25) is 4.79 Å². The molecule has 2 aromatic rings. The smallest absolute Gasteiger partial charge is 0.343 e. The Kier molecular flexibility index (Phi) is 9.30. The van der Waals surface area contributed by atoms with Crippen LogP contribution in [0.5, 0.6) is 17.2 Å². The Labute approximate surface area is 195 Å². The molecule has 1 amide bonds. The van der Waals surface area contributed by atoms with E-state index in [1.165, 1.54) is 6.42 Å². The van der Waals surface area contributed by atoms with E-state index in [-0.39, 0.29) is 11.8 Å². The molecule has 2 aromatic carbocycles. The van der Waals surface area contributed by atoms with Gasteiger partial charge in [-0.25, -0.2) is 10.2 Å². The predicted molar refractivity (Wildman–Crippen MR) is 127 cm³/mol. The van der Waals surface area contributed by atoms with Crippen molar-refractivity contribution in [2.75, 3.05) is 13.2 Å². The zero-order chi connectivity index (χ0) is 23.5. The van der Waals surface area contributed by atoms with Gasteiger partial charge in [0.2, 0.25) is 5.91 Å². The quantitative estimate of drug-likeness (QED) is 0.234. The number of benzene rings is 2. The molecule has 3 rings (SSSR count). The van der Waals surface area contributed by atoms with Gasteiger partial charge in [0.25, 0.3) is 0 Å². The highest BCUT2D eigenvalue weighted by Gasteiger charge is 2.20. The Morgan fingerprint density at radius 2 is 1.76 bits per heavy atom. The van der Waals surface area contributed by atoms with Crippen LogP contribution in [0.4, 0.5) is 0 Å². The lowest BCUT2D eigenvalue weighted by Gasteiger charge is -2.19. The Balaban J connectivity index is 1.62. The van der Waals surface area contributed by atoms with Crippen LogP contribution in [0.15, 0.2) is 47.6 Å². The molecule has 0 aliphatic heterocycles. The monoisotopic (exact) mass is 452 g/mol. The van der Waals surface area contributed by atoms with Gasteiger partial charge in [-0.05, 0) is 74.2 Å². The first-order chi connectivity index (χ1) is 16.1. The minimum Gasteiger partial charge on any atom is -0.494 e. The molecule has 0 heterocycles. The van der Waals surface area contributed by atoms with E-state index in [0.717, 1.165) is 37.7 Å². The molecule has 1 aliphatic carbocycles. The maximum absolute atomic E-state index is 12.6. The van der Waals surface area contributed by atoms with Crippen molar-refractivity contribution >= 4 is 18.1 Å². The average molecular weight is 453 g/mol. The first-order valence-corrected chi connectivity index (χ1v) is 11.7. The van der Waals surface area contributed by atoms with Crippen LogP contribution < -0.4 is 19.6 Å². The molecule has 1 aliphatic rings. The van der Waals surface area contributed by atoms with Gasteiger partial charge in [-0.1, -0.05) is 26.2 Å². The second-order valence-electron chi connectivity index (χ2n) is 7.97. The van der Waals surface area contributed by atoms with Crippen molar-refractivity contribution in [3.05, 3.63) is 53.6 Å². The molecular formula is C26H32N2O5. The van der Waals surface area contributed by atoms with Gasteiger partial charge < -0.3 is 14.2 Å². The summed E-state index contributed by atoms with van der Waals surface area (Å²) in [5.74, 6) is 0.978. The van der Waals surface area contributed by atoms with E-state index in [0.29, 0.717) is 36.0 Å². The van der Waals surface area contributed by atoms with Gasteiger partial charge in [0, 0.05) is 5.92 Å². The minimum atomic E-state index is -0.487. The standard InChI is InChI=1S/C26H32N2O5/c1-3-16-32-22-13-11-21(12-14-22)26(30)33-23-15-10-19(17-24(23)31-4-2)18-27-28-25(29)20-8-6-5-7-9-20/h10-15,17-18,20H,3-9,16H2,1-2H3,(H,28,29)/b27-18+. The number of nitrogens with zero attached hydrogens (tertiary/aromatic N) is 1. The first kappa shape index (κ1) is 24.3. The molecule has 1 N–H and O–H groups in total. The van der Waals surface area contributed by atoms with Crippen LogP contribution in [0.2, 0.25) is 0 Å². The van der Waals surface area contributed by atoms with Crippen molar-refractivity contribution in [1.29, 1.82) is 0 Å². The molecule has 0 aromatic heterocycles. The predicted octanol–water partition coefficient (Wildman–Crippen LogP) is 5.12. The first-order valence-electron chi connectivity index (χ1n) is 11.7. The highest BCUT2D eigenvalue weighted by molar-refractivity contribution is 5.92. The minimum absolute atomic E-state index is 0.0346. The number of carbonyl (C=O) groups is 2. The van der Waals surface area contributed by atoms with Crippen LogP contribution in [-0.2, 0) is 4.79 Å². The summed E-state index contributed by atoms with van der Waals surface area (Å²) >= 11 is 0. The Morgan fingerprint density at radius 3 is 2.45 bits per heavy atom. The summed E-state index contributed by atoms with van der Waals surface area (Å²) < 4.78 is 16.8. The van der Waals surface area contributed by atoms with Crippen LogP contribution in [0, 0.1) is 5.92 Å². The van der Waals surface area contributed by atoms with Gasteiger partial charge in [-0.15, -0.1) is 0 Å². The van der Waals surface area contributed by atoms with E-state index in [9.17, 15) is 9.59 Å². The van der Waals surface area contributed by atoms with Crippen LogP contribution in [-0.4, -0.2) is 31.3 Å². The fourth-order valence-electron chi connectivity index (χ4n) is 3.65. The second-order valence-corrected chi connectivity index (χ2v) is 7.97. The Hall–Kier alpha value is -3.35. The third-order valence-electron chi connectivity index (χ3n) is 5.40. The third-order valence-corrected chi connectivity index (χ3v) is 5.40. The number of hydrazone groups is 1. The van der Waals surface area contributed by atoms with Crippen molar-refractivity contribution in [2.24, 2.45) is 11.0 Å². The van der Waals surface area contributed by atoms with Crippen molar-refractivity contribution in [1.82, 2.24) is 5.43 Å². The summed E-state index contributed by atoms with van der Waals surface area (Å²) in [5.41, 5.74) is 3.77. The summed E-state index contributed by atoms with van der Waals surface area (Å²) in [6.45, 7) is 4.92. The van der Waals surface area contributed by atoms with Crippen LogP contribution in [0.1, 0.15) is 68.3 Å². The van der Waals surface area contributed by atoms with Crippen LogP contribution in [0.25, 0.3) is 0 Å². The summed E-state index contributed by atoms with van der Waals surface area (Å²) in [7, 11) is 0. The molecule has 0 bridgehead atoms. The van der Waals surface area contributed by atoms with Crippen molar-refractivity contribution < 1.29 is 23.8 Å². The number of rotatable bonds is 10. The van der Waals surface area contributed by atoms with E-state index in [1.807, 2.05) is 13.8 Å². The topological polar surface area (TPSA) is 86.2 Å². The lowest BCUT2D eigenvalue weighted by Crippen LogP contribution is -2.28. The van der Waals surface area contributed by atoms with Crippen molar-refractivity contribution in [3.8, 4) is 17.2 Å². The molecule has 0 unspecified atom stereocenters. The number of nitrogens with one attached hydrogen (secondary N) is 1. The molecule has 0 radical (unpaired) electrons. The van der Waals surface area contributed by atoms with E-state index in [2.05, 4.69) is 10.5 Å². The molecule has 33 heavy (non-hydrogen) atoms. The normalized spacial score (nSPS) is 14.1. The maximum atomic E-state index is 12.6. The Bertz CT molecular complexity index is 950. The summed E-state index contributed by atoms with van der Waals surface area (Å²) in [5, 5.41) is 4.09. The van der Waals surface area contributed by atoms with E-state index in [4.69, 9.17) is 14.2 Å². The van der Waals surface area contributed by atoms with Gasteiger partial charge in [0.1, 0.15) is 5.75 Å². The van der Waals surface area contributed by atoms with Gasteiger partial charge >= 0.3 is 5.97 Å². The average Bonchev–Trinajstić information content (AvgIpc) is 2.85. The molecular weight excluding hydrogens is 420 g/mol. The number of hydrogen-bond acceptors (Lipinski definition) is 6. The van der Waals surface area contributed by atoms with Crippen molar-refractivity contribution in [2.45, 2.75) is 52.4 Å². The zero-order valence-corrected chi connectivity index (χ0v) is 19.3. The van der Waals surface area contributed by atoms with Crippen molar-refractivity contribution in [3.63, 3.8) is 0 Å². The largest absolute Gasteiger partial charge is 0.494 e. The number of amides is 1. The van der Waals surface area contributed by atoms with Gasteiger partial charge in [0.05, 0.1) is 25.0 Å². The second kappa shape index (κ2) is 12.6. The molecule has 0 spiro atoms. The number of carbonyl (C=O) groups excluding carboxylic acids is 2. The molecule has 0 atom stereocenters. The highest BCUT2D eigenvalue weighted by atomic mass is 16.6. The van der Waals surface area contributed by atoms with E-state index in [1.54, 1.807) is 48.7 Å². The molecule has 1 saturated carbocycles. The summed E-state index contributed by atoms with van der Waals surface area (Å²) in [6.07, 6.45) is 7.70. The van der Waals surface area contributed by atoms with E-state index < -0.39 is 5.97 Å². The fourth-order valence-corrected chi connectivity index (χ4v) is 3.65. The fraction of sp³-hybridized carbons (Fsp3) is 0.423. The van der Waals surface area contributed by atoms with Crippen LogP contribution in [0.3, 0.4) is 0 Å². The summed E-state index contributed by atoms with van der Waals surface area (Å²) in [6, 6.07) is 12.0. The number of hydrogen-bond donors (Lipinski definition) is 1. The highest BCUT2D eigenvalue weighted by Crippen LogP contribution is 2.29. The number of ether oxygens (including phenoxy) is 3. The zero-order valence-electron chi connectivity index (χ0n) is 19.3. The molecule has 7 heteroatoms. The van der Waals surface area contributed by atoms with E-state index >= 15 is 0 Å². The molecule has 7 nitrogen and oxygen atoms in total. The SMILES string of the molecule is CCCOc1ccc(C(=O)Oc2ccc(/C=N/NC(=O)C3CCCCC3)cc2OCC)cc1. The number of esters is 1. The van der Waals surface area contributed by atoms with Gasteiger partial charge in [-0.2, -0.15) is 5.10 Å². The van der Waals surface area contributed by atoms with Crippen LogP contribution >= 0.6 is 0 Å². The Morgan fingerprint density at radius 1 is 1.00 bits per heavy atom. The molecule has 176 valence electrons. The lowest BCUT2D eigenvalue weighted by atomic mass is 9.89. The van der Waals surface area contributed by atoms with Gasteiger partial charge in [0.15, 0.2) is 11.5 Å².